The fourth-order valence-electron chi connectivity index (χ4n) is 0.943. The van der Waals surface area contributed by atoms with E-state index in [0.717, 1.165) is 14.4 Å². The fourth-order valence-corrected chi connectivity index (χ4v) is 2.69. The molecule has 0 amide bonds. The molecule has 2 rings (SSSR count). The van der Waals surface area contributed by atoms with Crippen LogP contribution in [0, 0.1) is 18.3 Å². The van der Waals surface area contributed by atoms with E-state index in [1.165, 1.54) is 23.1 Å². The number of nitrogens with zero attached hydrogens (tertiary/aromatic N) is 4. The zero-order valence-corrected chi connectivity index (χ0v) is 9.47. The van der Waals surface area contributed by atoms with E-state index < -0.39 is 0 Å². The van der Waals surface area contributed by atoms with Crippen LogP contribution in [0.5, 0.6) is 0 Å². The van der Waals surface area contributed by atoms with E-state index in [9.17, 15) is 0 Å². The van der Waals surface area contributed by atoms with Crippen molar-refractivity contribution in [3.8, 4) is 6.07 Å². The van der Waals surface area contributed by atoms with Gasteiger partial charge in [0, 0.05) is 0 Å². The molecule has 0 radical (unpaired) electrons. The Kier molecular flexibility index (Phi) is 2.94. The summed E-state index contributed by atoms with van der Waals surface area (Å²) in [5.41, 5.74) is 0.418. The second kappa shape index (κ2) is 4.38. The molecule has 0 unspecified atom stereocenters. The number of hydrogen-bond acceptors (Lipinski definition) is 6. The monoisotopic (exact) mass is 234 g/mol. The number of nitriles is 1. The molecule has 0 saturated carbocycles. The lowest BCUT2D eigenvalue weighted by atomic mass is 10.4. The first-order valence-electron chi connectivity index (χ1n) is 4.13. The van der Waals surface area contributed by atoms with Crippen LogP contribution in [-0.2, 0) is 0 Å². The van der Waals surface area contributed by atoms with Gasteiger partial charge >= 0.3 is 0 Å². The zero-order valence-electron chi connectivity index (χ0n) is 7.84. The van der Waals surface area contributed by atoms with Crippen LogP contribution in [-0.4, -0.2) is 15.2 Å². The average Bonchev–Trinajstić information content (AvgIpc) is 2.64. The molecule has 6 heteroatoms. The second-order valence-electron chi connectivity index (χ2n) is 2.66. The smallest absolute Gasteiger partial charge is 0.180 e. The van der Waals surface area contributed by atoms with Crippen molar-refractivity contribution in [1.82, 2.24) is 15.2 Å². The summed E-state index contributed by atoms with van der Waals surface area (Å²) in [4.78, 5) is 4.14. The highest BCUT2D eigenvalue weighted by Crippen LogP contribution is 2.28. The van der Waals surface area contributed by atoms with Gasteiger partial charge in [-0.3, -0.25) is 0 Å². The molecule has 0 bridgehead atoms. The molecule has 2 aromatic rings. The van der Waals surface area contributed by atoms with Gasteiger partial charge < -0.3 is 0 Å². The van der Waals surface area contributed by atoms with Crippen molar-refractivity contribution < 1.29 is 0 Å². The van der Waals surface area contributed by atoms with E-state index in [0.29, 0.717) is 5.69 Å². The highest BCUT2D eigenvalue weighted by Gasteiger charge is 2.04. The van der Waals surface area contributed by atoms with Gasteiger partial charge in [-0.15, -0.1) is 10.2 Å². The molecule has 0 atom stereocenters. The molecule has 0 N–H and O–H groups in total. The summed E-state index contributed by atoms with van der Waals surface area (Å²) >= 11 is 2.93. The number of hydrogen-bond donors (Lipinski definition) is 0. The largest absolute Gasteiger partial charge is 0.230 e. The summed E-state index contributed by atoms with van der Waals surface area (Å²) in [6.45, 7) is 1.90. The number of rotatable bonds is 2. The summed E-state index contributed by atoms with van der Waals surface area (Å²) in [6.07, 6.45) is 0. The molecule has 15 heavy (non-hydrogen) atoms. The maximum Gasteiger partial charge on any atom is 0.180 e. The first-order valence-corrected chi connectivity index (χ1v) is 5.76. The Morgan fingerprint density at radius 2 is 2.27 bits per heavy atom. The Balaban J connectivity index is 2.21. The summed E-state index contributed by atoms with van der Waals surface area (Å²) in [5, 5.41) is 18.3. The molecule has 4 nitrogen and oxygen atoms in total. The minimum atomic E-state index is 0.418. The minimum Gasteiger partial charge on any atom is -0.230 e. The van der Waals surface area contributed by atoms with Crippen LogP contribution in [0.1, 0.15) is 10.7 Å². The third-order valence-corrected chi connectivity index (χ3v) is 3.36. The van der Waals surface area contributed by atoms with Gasteiger partial charge in [0.05, 0.1) is 0 Å². The van der Waals surface area contributed by atoms with Gasteiger partial charge in [0.15, 0.2) is 4.34 Å². The lowest BCUT2D eigenvalue weighted by Crippen LogP contribution is -1.84. The van der Waals surface area contributed by atoms with E-state index in [4.69, 9.17) is 5.26 Å². The topological polar surface area (TPSA) is 62.5 Å². The van der Waals surface area contributed by atoms with Crippen LogP contribution >= 0.6 is 23.1 Å². The van der Waals surface area contributed by atoms with Gasteiger partial charge in [-0.2, -0.15) is 5.26 Å². The van der Waals surface area contributed by atoms with Crippen molar-refractivity contribution in [1.29, 1.82) is 5.26 Å². The lowest BCUT2D eigenvalue weighted by Gasteiger charge is -1.95. The van der Waals surface area contributed by atoms with Crippen LogP contribution in [0.15, 0.2) is 27.6 Å². The molecule has 0 aromatic carbocycles. The Morgan fingerprint density at radius 1 is 1.40 bits per heavy atom. The predicted octanol–water partition coefficient (Wildman–Crippen LogP) is 2.26. The molecular weight excluding hydrogens is 228 g/mol. The second-order valence-corrected chi connectivity index (χ2v) is 5.11. The maximum atomic E-state index is 8.69. The van der Waals surface area contributed by atoms with Crippen LogP contribution < -0.4 is 0 Å². The van der Waals surface area contributed by atoms with Gasteiger partial charge in [0.1, 0.15) is 21.8 Å². The van der Waals surface area contributed by atoms with E-state index >= 15 is 0 Å². The number of pyridine rings is 1. The zero-order chi connectivity index (χ0) is 10.7. The molecule has 0 fully saturated rings. The summed E-state index contributed by atoms with van der Waals surface area (Å²) < 4.78 is 0.843. The normalized spacial score (nSPS) is 9.87. The van der Waals surface area contributed by atoms with Crippen LogP contribution in [0.25, 0.3) is 0 Å². The molecular formula is C9H6N4S2. The standard InChI is InChI=1S/C9H6N4S2/c1-6-12-13-9(14-6)15-8-4-2-3-7(5-10)11-8/h2-4H,1H3. The Labute approximate surface area is 95.0 Å². The van der Waals surface area contributed by atoms with Crippen molar-refractivity contribution in [2.75, 3.05) is 0 Å². The Hall–Kier alpha value is -1.45. The van der Waals surface area contributed by atoms with Crippen LogP contribution in [0.3, 0.4) is 0 Å². The third kappa shape index (κ3) is 2.52. The molecule has 0 aliphatic carbocycles. The average molecular weight is 234 g/mol. The molecule has 0 spiro atoms. The highest BCUT2D eigenvalue weighted by molar-refractivity contribution is 8.01. The Morgan fingerprint density at radius 3 is 2.93 bits per heavy atom. The molecule has 74 valence electrons. The van der Waals surface area contributed by atoms with Crippen LogP contribution in [0.4, 0.5) is 0 Å². The van der Waals surface area contributed by atoms with Crippen molar-refractivity contribution in [3.05, 3.63) is 28.9 Å². The van der Waals surface area contributed by atoms with Crippen molar-refractivity contribution in [2.45, 2.75) is 16.3 Å². The van der Waals surface area contributed by atoms with Gasteiger partial charge in [0.2, 0.25) is 0 Å². The summed E-state index contributed by atoms with van der Waals surface area (Å²) in [5.74, 6) is 0. The third-order valence-electron chi connectivity index (χ3n) is 1.54. The predicted molar refractivity (Wildman–Crippen MR) is 57.7 cm³/mol. The van der Waals surface area contributed by atoms with Gasteiger partial charge in [0.25, 0.3) is 0 Å². The lowest BCUT2D eigenvalue weighted by molar-refractivity contribution is 0.980. The molecule has 2 heterocycles. The minimum absolute atomic E-state index is 0.418. The van der Waals surface area contributed by atoms with Crippen LogP contribution in [0.2, 0.25) is 0 Å². The van der Waals surface area contributed by atoms with E-state index in [-0.39, 0.29) is 0 Å². The summed E-state index contributed by atoms with van der Waals surface area (Å²) in [6, 6.07) is 7.33. The maximum absolute atomic E-state index is 8.69. The van der Waals surface area contributed by atoms with Gasteiger partial charge in [-0.25, -0.2) is 4.98 Å². The van der Waals surface area contributed by atoms with Gasteiger partial charge in [-0.1, -0.05) is 17.4 Å². The van der Waals surface area contributed by atoms with Crippen molar-refractivity contribution >= 4 is 23.1 Å². The highest BCUT2D eigenvalue weighted by atomic mass is 32.2. The number of aromatic nitrogens is 3. The molecule has 0 aliphatic rings. The van der Waals surface area contributed by atoms with Crippen molar-refractivity contribution in [2.24, 2.45) is 0 Å². The quantitative estimate of drug-likeness (QED) is 0.797. The van der Waals surface area contributed by atoms with Gasteiger partial charge in [-0.05, 0) is 30.8 Å². The Bertz CT molecular complexity index is 515. The van der Waals surface area contributed by atoms with E-state index in [1.54, 1.807) is 6.07 Å². The van der Waals surface area contributed by atoms with E-state index in [2.05, 4.69) is 15.2 Å². The SMILES string of the molecule is Cc1nnc(Sc2cccc(C#N)n2)s1. The first-order chi connectivity index (χ1) is 7.28. The molecule has 2 aromatic heterocycles. The fraction of sp³-hybridized carbons (Fsp3) is 0.111. The first kappa shape index (κ1) is 10.1. The number of aryl methyl sites for hydroxylation is 1. The molecule has 0 saturated heterocycles. The molecule has 0 aliphatic heterocycles. The van der Waals surface area contributed by atoms with E-state index in [1.807, 2.05) is 25.1 Å². The summed E-state index contributed by atoms with van der Waals surface area (Å²) in [7, 11) is 0. The van der Waals surface area contributed by atoms with Crippen molar-refractivity contribution in [3.63, 3.8) is 0 Å².